The Balaban J connectivity index is 1.49. The van der Waals surface area contributed by atoms with Gasteiger partial charge < -0.3 is 19.4 Å². The molecule has 2 atom stereocenters. The van der Waals surface area contributed by atoms with Gasteiger partial charge >= 0.3 is 0 Å². The Labute approximate surface area is 154 Å². The number of furan rings is 1. The molecule has 140 valence electrons. The van der Waals surface area contributed by atoms with Crippen molar-refractivity contribution in [2.75, 3.05) is 46.4 Å². The second-order valence-electron chi connectivity index (χ2n) is 7.58. The first-order valence-electron chi connectivity index (χ1n) is 9.34. The van der Waals surface area contributed by atoms with Crippen LogP contribution in [0.15, 0.2) is 22.6 Å². The number of rotatable bonds is 3. The summed E-state index contributed by atoms with van der Waals surface area (Å²) in [5, 5.41) is 4.16. The number of piperazine rings is 1. The first-order valence-corrected chi connectivity index (χ1v) is 9.34. The number of likely N-dealkylation sites (N-methyl/N-ethyl adjacent to an activating group) is 1. The standard InChI is InChI=1S/C20H27N3O3/c1-13-4-5-15-14(2)19(26-18(15)10-13)20(24)21-16-11-25-12-17(16)23-8-6-22(3)7-9-23/h4-5,10,16-17H,6-9,11-12H2,1-3H3,(H,21,24)/t16-,17-/m0/s1. The zero-order valence-corrected chi connectivity index (χ0v) is 15.7. The Morgan fingerprint density at radius 3 is 2.69 bits per heavy atom. The van der Waals surface area contributed by atoms with Gasteiger partial charge in [-0.2, -0.15) is 0 Å². The minimum absolute atomic E-state index is 0.000236. The Kier molecular flexibility index (Phi) is 4.73. The average molecular weight is 357 g/mol. The molecule has 6 nitrogen and oxygen atoms in total. The molecule has 0 radical (unpaired) electrons. The maximum absolute atomic E-state index is 12.9. The van der Waals surface area contributed by atoms with Gasteiger partial charge in [-0.05, 0) is 32.5 Å². The third-order valence-corrected chi connectivity index (χ3v) is 5.67. The quantitative estimate of drug-likeness (QED) is 0.908. The van der Waals surface area contributed by atoms with Crippen LogP contribution in [0.3, 0.4) is 0 Å². The van der Waals surface area contributed by atoms with Crippen LogP contribution in [0.4, 0.5) is 0 Å². The highest BCUT2D eigenvalue weighted by molar-refractivity contribution is 5.99. The van der Waals surface area contributed by atoms with E-state index in [1.807, 2.05) is 32.0 Å². The van der Waals surface area contributed by atoms with Gasteiger partial charge in [-0.1, -0.05) is 12.1 Å². The molecular formula is C20H27N3O3. The van der Waals surface area contributed by atoms with Gasteiger partial charge in [0.05, 0.1) is 25.3 Å². The van der Waals surface area contributed by atoms with Gasteiger partial charge in [0.15, 0.2) is 5.76 Å². The second kappa shape index (κ2) is 7.02. The molecule has 2 saturated heterocycles. The van der Waals surface area contributed by atoms with Gasteiger partial charge in [-0.15, -0.1) is 0 Å². The fourth-order valence-corrected chi connectivity index (χ4v) is 3.98. The van der Waals surface area contributed by atoms with E-state index < -0.39 is 0 Å². The number of hydrogen-bond donors (Lipinski definition) is 1. The minimum Gasteiger partial charge on any atom is -0.451 e. The summed E-state index contributed by atoms with van der Waals surface area (Å²) >= 11 is 0. The van der Waals surface area contributed by atoms with Crippen LogP contribution in [0.5, 0.6) is 0 Å². The van der Waals surface area contributed by atoms with Gasteiger partial charge in [0.25, 0.3) is 5.91 Å². The molecule has 0 saturated carbocycles. The Morgan fingerprint density at radius 1 is 1.15 bits per heavy atom. The van der Waals surface area contributed by atoms with Crippen molar-refractivity contribution < 1.29 is 13.9 Å². The third kappa shape index (κ3) is 3.24. The number of carbonyl (C=O) groups excluding carboxylic acids is 1. The molecule has 6 heteroatoms. The molecule has 3 heterocycles. The summed E-state index contributed by atoms with van der Waals surface area (Å²) < 4.78 is 11.6. The van der Waals surface area contributed by atoms with Crippen LogP contribution in [0.2, 0.25) is 0 Å². The van der Waals surface area contributed by atoms with E-state index in [0.717, 1.165) is 48.3 Å². The van der Waals surface area contributed by atoms with Crippen LogP contribution in [0.1, 0.15) is 21.7 Å². The van der Waals surface area contributed by atoms with E-state index >= 15 is 0 Å². The zero-order valence-electron chi connectivity index (χ0n) is 15.7. The summed E-state index contributed by atoms with van der Waals surface area (Å²) in [5.41, 5.74) is 2.79. The van der Waals surface area contributed by atoms with Gasteiger partial charge in [-0.3, -0.25) is 9.69 Å². The lowest BCUT2D eigenvalue weighted by atomic mass is 10.1. The Hall–Kier alpha value is -1.89. The van der Waals surface area contributed by atoms with Crippen LogP contribution >= 0.6 is 0 Å². The van der Waals surface area contributed by atoms with Crippen molar-refractivity contribution in [2.45, 2.75) is 25.9 Å². The molecule has 0 unspecified atom stereocenters. The summed E-state index contributed by atoms with van der Waals surface area (Å²) in [6, 6.07) is 6.28. The van der Waals surface area contributed by atoms with Crippen molar-refractivity contribution in [1.29, 1.82) is 0 Å². The lowest BCUT2D eigenvalue weighted by Gasteiger charge is -2.37. The van der Waals surface area contributed by atoms with E-state index in [2.05, 4.69) is 22.2 Å². The lowest BCUT2D eigenvalue weighted by molar-refractivity contribution is 0.0813. The fraction of sp³-hybridized carbons (Fsp3) is 0.550. The molecule has 26 heavy (non-hydrogen) atoms. The minimum atomic E-state index is -0.147. The predicted octanol–water partition coefficient (Wildman–Crippen LogP) is 1.79. The predicted molar refractivity (Wildman–Crippen MR) is 101 cm³/mol. The number of carbonyl (C=O) groups is 1. The number of aryl methyl sites for hydroxylation is 2. The highest BCUT2D eigenvalue weighted by Gasteiger charge is 2.36. The molecule has 2 fully saturated rings. The van der Waals surface area contributed by atoms with Crippen LogP contribution < -0.4 is 5.32 Å². The van der Waals surface area contributed by atoms with E-state index in [4.69, 9.17) is 9.15 Å². The Bertz CT molecular complexity index is 808. The molecule has 0 aliphatic carbocycles. The van der Waals surface area contributed by atoms with Crippen LogP contribution in [-0.4, -0.2) is 74.2 Å². The summed E-state index contributed by atoms with van der Waals surface area (Å²) in [6.45, 7) is 9.33. The van der Waals surface area contributed by atoms with Gasteiger partial charge in [0.2, 0.25) is 0 Å². The van der Waals surface area contributed by atoms with Gasteiger partial charge in [-0.25, -0.2) is 0 Å². The van der Waals surface area contributed by atoms with E-state index in [-0.39, 0.29) is 18.0 Å². The third-order valence-electron chi connectivity index (χ3n) is 5.67. The highest BCUT2D eigenvalue weighted by Crippen LogP contribution is 2.26. The molecule has 1 aromatic carbocycles. The number of nitrogens with zero attached hydrogens (tertiary/aromatic N) is 2. The Morgan fingerprint density at radius 2 is 1.92 bits per heavy atom. The number of fused-ring (bicyclic) bond motifs is 1. The van der Waals surface area contributed by atoms with Crippen LogP contribution in [0, 0.1) is 13.8 Å². The molecule has 1 aromatic heterocycles. The van der Waals surface area contributed by atoms with Crippen molar-refractivity contribution in [2.24, 2.45) is 0 Å². The van der Waals surface area contributed by atoms with Crippen LogP contribution in [-0.2, 0) is 4.74 Å². The SMILES string of the molecule is Cc1ccc2c(C)c(C(=O)N[C@H]3COC[C@@H]3N3CCN(C)CC3)oc2c1. The normalized spacial score (nSPS) is 25.0. The largest absolute Gasteiger partial charge is 0.451 e. The zero-order chi connectivity index (χ0) is 18.3. The van der Waals surface area contributed by atoms with Crippen LogP contribution in [0.25, 0.3) is 11.0 Å². The monoisotopic (exact) mass is 357 g/mol. The van der Waals surface area contributed by atoms with Crippen molar-refractivity contribution in [3.05, 3.63) is 35.1 Å². The van der Waals surface area contributed by atoms with E-state index in [1.54, 1.807) is 0 Å². The van der Waals surface area contributed by atoms with E-state index in [1.165, 1.54) is 0 Å². The van der Waals surface area contributed by atoms with Crippen molar-refractivity contribution >= 4 is 16.9 Å². The molecule has 2 aromatic rings. The number of benzene rings is 1. The average Bonchev–Trinajstić information content (AvgIpc) is 3.20. The summed E-state index contributed by atoms with van der Waals surface area (Å²) in [6.07, 6.45) is 0. The molecule has 4 rings (SSSR count). The van der Waals surface area contributed by atoms with E-state index in [0.29, 0.717) is 19.0 Å². The van der Waals surface area contributed by atoms with Crippen molar-refractivity contribution in [3.8, 4) is 0 Å². The molecule has 1 N–H and O–H groups in total. The van der Waals surface area contributed by atoms with Gasteiger partial charge in [0.1, 0.15) is 5.58 Å². The topological polar surface area (TPSA) is 58.0 Å². The summed E-state index contributed by atoms with van der Waals surface area (Å²) in [7, 11) is 2.15. The van der Waals surface area contributed by atoms with Crippen molar-refractivity contribution in [1.82, 2.24) is 15.1 Å². The van der Waals surface area contributed by atoms with E-state index in [9.17, 15) is 4.79 Å². The second-order valence-corrected chi connectivity index (χ2v) is 7.58. The smallest absolute Gasteiger partial charge is 0.287 e. The first kappa shape index (κ1) is 17.5. The number of ether oxygens (including phenoxy) is 1. The number of hydrogen-bond acceptors (Lipinski definition) is 5. The lowest BCUT2D eigenvalue weighted by Crippen LogP contribution is -2.56. The summed E-state index contributed by atoms with van der Waals surface area (Å²) in [5.74, 6) is 0.264. The first-order chi connectivity index (χ1) is 12.5. The number of amides is 1. The maximum Gasteiger partial charge on any atom is 0.287 e. The fourth-order valence-electron chi connectivity index (χ4n) is 3.98. The van der Waals surface area contributed by atoms with Crippen molar-refractivity contribution in [3.63, 3.8) is 0 Å². The highest BCUT2D eigenvalue weighted by atomic mass is 16.5. The molecular weight excluding hydrogens is 330 g/mol. The molecule has 2 aliphatic heterocycles. The summed E-state index contributed by atoms with van der Waals surface area (Å²) in [4.78, 5) is 17.6. The van der Waals surface area contributed by atoms with Gasteiger partial charge in [0, 0.05) is 37.1 Å². The molecule has 1 amide bonds. The molecule has 0 bridgehead atoms. The molecule has 2 aliphatic rings. The number of nitrogens with one attached hydrogen (secondary N) is 1. The maximum atomic E-state index is 12.9. The molecule has 0 spiro atoms.